The largest absolute Gasteiger partial charge is 0.335 e. The van der Waals surface area contributed by atoms with E-state index in [1.165, 1.54) is 19.3 Å². The van der Waals surface area contributed by atoms with Crippen LogP contribution in [0.15, 0.2) is 24.3 Å². The number of benzene rings is 1. The average molecular weight is 291 g/mol. The molecule has 1 amide bonds. The first-order chi connectivity index (χ1) is 9.72. The Labute approximate surface area is 125 Å². The highest BCUT2D eigenvalue weighted by Gasteiger charge is 2.25. The van der Waals surface area contributed by atoms with Crippen LogP contribution < -0.4 is 0 Å². The summed E-state index contributed by atoms with van der Waals surface area (Å²) in [5.41, 5.74) is 0.651. The number of carbonyl (C=O) groups excluding carboxylic acids is 1. The Morgan fingerprint density at radius 3 is 2.50 bits per heavy atom. The van der Waals surface area contributed by atoms with Crippen LogP contribution in [0.25, 0.3) is 0 Å². The Morgan fingerprint density at radius 2 is 1.90 bits per heavy atom. The van der Waals surface area contributed by atoms with Crippen LogP contribution >= 0.6 is 11.6 Å². The van der Waals surface area contributed by atoms with E-state index < -0.39 is 0 Å². The van der Waals surface area contributed by atoms with Crippen LogP contribution in [0, 0.1) is 11.3 Å². The van der Waals surface area contributed by atoms with Crippen LogP contribution in [-0.4, -0.2) is 23.4 Å². The predicted octanol–water partition coefficient (Wildman–Crippen LogP) is 4.03. The molecule has 1 aliphatic carbocycles. The molecule has 0 aromatic heterocycles. The second-order valence-electron chi connectivity index (χ2n) is 5.21. The molecule has 4 heteroatoms. The smallest absolute Gasteiger partial charge is 0.254 e. The van der Waals surface area contributed by atoms with E-state index in [-0.39, 0.29) is 11.9 Å². The van der Waals surface area contributed by atoms with E-state index in [1.807, 2.05) is 4.90 Å². The molecular formula is C16H19ClN2O. The van der Waals surface area contributed by atoms with Gasteiger partial charge in [0, 0.05) is 23.2 Å². The van der Waals surface area contributed by atoms with Gasteiger partial charge in [-0.05, 0) is 37.1 Å². The summed E-state index contributed by atoms with van der Waals surface area (Å²) < 4.78 is 0. The van der Waals surface area contributed by atoms with Gasteiger partial charge in [0.1, 0.15) is 0 Å². The minimum Gasteiger partial charge on any atom is -0.335 e. The van der Waals surface area contributed by atoms with E-state index >= 15 is 0 Å². The standard InChI is InChI=1S/C16H19ClN2O/c17-14-9-7-13(8-10-14)16(20)19(12-4-11-18)15-5-2-1-3-6-15/h7-10,15H,1-6,12H2. The Balaban J connectivity index is 2.14. The lowest BCUT2D eigenvalue weighted by Crippen LogP contribution is -2.42. The van der Waals surface area contributed by atoms with Crippen LogP contribution in [0.5, 0.6) is 0 Å². The van der Waals surface area contributed by atoms with Crippen LogP contribution in [0.4, 0.5) is 0 Å². The average Bonchev–Trinajstić information content (AvgIpc) is 2.49. The first-order valence-corrected chi connectivity index (χ1v) is 7.53. The lowest BCUT2D eigenvalue weighted by Gasteiger charge is -2.34. The molecule has 1 aromatic rings. The van der Waals surface area contributed by atoms with Crippen molar-refractivity contribution in [3.63, 3.8) is 0 Å². The molecule has 3 nitrogen and oxygen atoms in total. The van der Waals surface area contributed by atoms with Gasteiger partial charge < -0.3 is 4.90 Å². The Kier molecular flexibility index (Phi) is 5.43. The van der Waals surface area contributed by atoms with E-state index in [9.17, 15) is 4.79 Å². The van der Waals surface area contributed by atoms with E-state index in [0.29, 0.717) is 23.6 Å². The van der Waals surface area contributed by atoms with Gasteiger partial charge in [0.25, 0.3) is 5.91 Å². The summed E-state index contributed by atoms with van der Waals surface area (Å²) in [7, 11) is 0. The van der Waals surface area contributed by atoms with Gasteiger partial charge in [-0.2, -0.15) is 5.26 Å². The lowest BCUT2D eigenvalue weighted by atomic mass is 9.93. The molecule has 1 aromatic carbocycles. The van der Waals surface area contributed by atoms with Crippen molar-refractivity contribution in [1.82, 2.24) is 4.90 Å². The molecule has 0 N–H and O–H groups in total. The molecule has 0 radical (unpaired) electrons. The summed E-state index contributed by atoms with van der Waals surface area (Å²) >= 11 is 5.86. The zero-order chi connectivity index (χ0) is 14.4. The van der Waals surface area contributed by atoms with Crippen molar-refractivity contribution in [2.75, 3.05) is 6.54 Å². The molecule has 106 valence electrons. The van der Waals surface area contributed by atoms with Crippen molar-refractivity contribution in [3.05, 3.63) is 34.9 Å². The molecule has 2 rings (SSSR count). The quantitative estimate of drug-likeness (QED) is 0.840. The van der Waals surface area contributed by atoms with Gasteiger partial charge in [-0.25, -0.2) is 0 Å². The fraction of sp³-hybridized carbons (Fsp3) is 0.500. The lowest BCUT2D eigenvalue weighted by molar-refractivity contribution is 0.0639. The Bertz CT molecular complexity index is 486. The number of halogens is 1. The maximum Gasteiger partial charge on any atom is 0.254 e. The summed E-state index contributed by atoms with van der Waals surface area (Å²) in [6.45, 7) is 0.516. The first kappa shape index (κ1) is 14.9. The van der Waals surface area contributed by atoms with Crippen LogP contribution in [0.1, 0.15) is 48.9 Å². The topological polar surface area (TPSA) is 44.1 Å². The second kappa shape index (κ2) is 7.31. The molecule has 1 aliphatic rings. The molecule has 1 saturated carbocycles. The number of rotatable bonds is 4. The minimum atomic E-state index is 0.0174. The highest BCUT2D eigenvalue weighted by Crippen LogP contribution is 2.24. The van der Waals surface area contributed by atoms with E-state index in [4.69, 9.17) is 16.9 Å². The highest BCUT2D eigenvalue weighted by molar-refractivity contribution is 6.30. The zero-order valence-corrected chi connectivity index (χ0v) is 12.3. The van der Waals surface area contributed by atoms with Gasteiger partial charge in [0.15, 0.2) is 0 Å². The van der Waals surface area contributed by atoms with E-state index in [2.05, 4.69) is 6.07 Å². The third kappa shape index (κ3) is 3.74. The molecule has 0 spiro atoms. The van der Waals surface area contributed by atoms with Crippen LogP contribution in [0.3, 0.4) is 0 Å². The van der Waals surface area contributed by atoms with Gasteiger partial charge in [-0.15, -0.1) is 0 Å². The SMILES string of the molecule is N#CCCN(C(=O)c1ccc(Cl)cc1)C1CCCCC1. The van der Waals surface area contributed by atoms with Crippen molar-refractivity contribution >= 4 is 17.5 Å². The van der Waals surface area contributed by atoms with Gasteiger partial charge in [-0.3, -0.25) is 4.79 Å². The monoisotopic (exact) mass is 290 g/mol. The summed E-state index contributed by atoms with van der Waals surface area (Å²) in [5, 5.41) is 9.42. The molecule has 0 saturated heterocycles. The summed E-state index contributed by atoms with van der Waals surface area (Å²) in [4.78, 5) is 14.5. The van der Waals surface area contributed by atoms with Crippen molar-refractivity contribution in [2.24, 2.45) is 0 Å². The molecule has 0 heterocycles. The van der Waals surface area contributed by atoms with E-state index in [0.717, 1.165) is 12.8 Å². The molecule has 0 aliphatic heterocycles. The fourth-order valence-corrected chi connectivity index (χ4v) is 2.90. The van der Waals surface area contributed by atoms with Crippen molar-refractivity contribution < 1.29 is 4.79 Å². The normalized spacial score (nSPS) is 15.6. The van der Waals surface area contributed by atoms with Crippen LogP contribution in [0.2, 0.25) is 5.02 Å². The van der Waals surface area contributed by atoms with Gasteiger partial charge >= 0.3 is 0 Å². The van der Waals surface area contributed by atoms with Gasteiger partial charge in [0.2, 0.25) is 0 Å². The maximum atomic E-state index is 12.6. The Hall–Kier alpha value is -1.53. The summed E-state index contributed by atoms with van der Waals surface area (Å²) in [6, 6.07) is 9.40. The van der Waals surface area contributed by atoms with Crippen molar-refractivity contribution in [1.29, 1.82) is 5.26 Å². The number of nitrogens with zero attached hydrogens (tertiary/aromatic N) is 2. The first-order valence-electron chi connectivity index (χ1n) is 7.16. The predicted molar refractivity (Wildman–Crippen MR) is 79.6 cm³/mol. The number of hydrogen-bond acceptors (Lipinski definition) is 2. The molecular weight excluding hydrogens is 272 g/mol. The van der Waals surface area contributed by atoms with Gasteiger partial charge in [-0.1, -0.05) is 30.9 Å². The third-order valence-electron chi connectivity index (χ3n) is 3.83. The number of amides is 1. The second-order valence-corrected chi connectivity index (χ2v) is 5.64. The highest BCUT2D eigenvalue weighted by atomic mass is 35.5. The third-order valence-corrected chi connectivity index (χ3v) is 4.08. The number of carbonyl (C=O) groups is 1. The summed E-state index contributed by atoms with van der Waals surface area (Å²) in [6.07, 6.45) is 6.06. The molecule has 0 bridgehead atoms. The fourth-order valence-electron chi connectivity index (χ4n) is 2.77. The van der Waals surface area contributed by atoms with Crippen molar-refractivity contribution in [3.8, 4) is 6.07 Å². The zero-order valence-electron chi connectivity index (χ0n) is 11.5. The minimum absolute atomic E-state index is 0.0174. The van der Waals surface area contributed by atoms with Crippen LogP contribution in [-0.2, 0) is 0 Å². The number of hydrogen-bond donors (Lipinski definition) is 0. The Morgan fingerprint density at radius 1 is 1.25 bits per heavy atom. The molecule has 1 fully saturated rings. The summed E-state index contributed by atoms with van der Waals surface area (Å²) in [5.74, 6) is 0.0174. The molecule has 20 heavy (non-hydrogen) atoms. The van der Waals surface area contributed by atoms with Crippen molar-refractivity contribution in [2.45, 2.75) is 44.6 Å². The number of nitriles is 1. The van der Waals surface area contributed by atoms with E-state index in [1.54, 1.807) is 24.3 Å². The van der Waals surface area contributed by atoms with Gasteiger partial charge in [0.05, 0.1) is 12.5 Å². The maximum absolute atomic E-state index is 12.6. The molecule has 0 unspecified atom stereocenters. The molecule has 0 atom stereocenters.